The Balaban J connectivity index is 1.47. The molecule has 0 saturated carbocycles. The van der Waals surface area contributed by atoms with E-state index in [9.17, 15) is 19.2 Å². The highest BCUT2D eigenvalue weighted by molar-refractivity contribution is 6.13. The second-order valence-electron chi connectivity index (χ2n) is 7.77. The third kappa shape index (κ3) is 3.41. The van der Waals surface area contributed by atoms with Gasteiger partial charge in [-0.1, -0.05) is 60.7 Å². The zero-order valence-electron chi connectivity index (χ0n) is 17.4. The number of rotatable bonds is 5. The molecule has 0 spiro atoms. The van der Waals surface area contributed by atoms with Crippen LogP contribution in [0.4, 0.5) is 10.5 Å². The molecule has 0 atom stereocenters. The average Bonchev–Trinajstić information content (AvgIpc) is 3.10. The van der Waals surface area contributed by atoms with Crippen LogP contribution in [0.2, 0.25) is 0 Å². The first-order chi connectivity index (χ1) is 16.0. The van der Waals surface area contributed by atoms with E-state index in [0.29, 0.717) is 22.6 Å². The number of ketones is 1. The summed E-state index contributed by atoms with van der Waals surface area (Å²) in [5.74, 6) is -0.851. The molecular formula is C25H19N3O5. The molecule has 3 aromatic carbocycles. The lowest BCUT2D eigenvalue weighted by Gasteiger charge is -2.28. The average molecular weight is 441 g/mol. The number of hydrogen-bond donors (Lipinski definition) is 2. The van der Waals surface area contributed by atoms with E-state index in [0.717, 1.165) is 4.90 Å². The molecular weight excluding hydrogens is 422 g/mol. The van der Waals surface area contributed by atoms with E-state index < -0.39 is 29.8 Å². The van der Waals surface area contributed by atoms with Crippen LogP contribution >= 0.6 is 0 Å². The first kappa shape index (κ1) is 20.4. The van der Waals surface area contributed by atoms with Gasteiger partial charge < -0.3 is 15.4 Å². The molecule has 3 aromatic rings. The van der Waals surface area contributed by atoms with E-state index in [4.69, 9.17) is 4.74 Å². The molecule has 2 aliphatic rings. The summed E-state index contributed by atoms with van der Waals surface area (Å²) in [6, 6.07) is 21.8. The van der Waals surface area contributed by atoms with Gasteiger partial charge in [0.1, 0.15) is 5.75 Å². The van der Waals surface area contributed by atoms with Gasteiger partial charge in [-0.3, -0.25) is 19.3 Å². The molecule has 1 saturated heterocycles. The highest BCUT2D eigenvalue weighted by Crippen LogP contribution is 2.36. The molecule has 0 aliphatic carbocycles. The minimum absolute atomic E-state index is 0.0935. The quantitative estimate of drug-likeness (QED) is 0.468. The van der Waals surface area contributed by atoms with Crippen LogP contribution in [0.25, 0.3) is 0 Å². The molecule has 4 amide bonds. The van der Waals surface area contributed by atoms with Gasteiger partial charge in [0.05, 0.1) is 12.2 Å². The second kappa shape index (κ2) is 7.90. The highest BCUT2D eigenvalue weighted by atomic mass is 16.5. The van der Waals surface area contributed by atoms with Gasteiger partial charge in [-0.2, -0.15) is 0 Å². The molecule has 164 valence electrons. The van der Waals surface area contributed by atoms with Crippen molar-refractivity contribution in [2.45, 2.75) is 5.54 Å². The maximum absolute atomic E-state index is 13.7. The summed E-state index contributed by atoms with van der Waals surface area (Å²) in [5, 5.41) is 5.47. The zero-order chi connectivity index (χ0) is 23.0. The number of amides is 4. The number of nitrogens with zero attached hydrogens (tertiary/aromatic N) is 1. The lowest BCUT2D eigenvalue weighted by molar-refractivity contribution is -0.130. The number of urea groups is 1. The molecule has 0 bridgehead atoms. The minimum atomic E-state index is -1.43. The van der Waals surface area contributed by atoms with Crippen LogP contribution in [0.5, 0.6) is 5.75 Å². The van der Waals surface area contributed by atoms with Gasteiger partial charge in [-0.05, 0) is 29.3 Å². The van der Waals surface area contributed by atoms with Crippen LogP contribution in [-0.2, 0) is 15.1 Å². The Hall–Kier alpha value is -4.46. The maximum atomic E-state index is 13.7. The van der Waals surface area contributed by atoms with Gasteiger partial charge >= 0.3 is 6.03 Å². The van der Waals surface area contributed by atoms with Crippen molar-refractivity contribution in [2.75, 3.05) is 18.5 Å². The monoisotopic (exact) mass is 441 g/mol. The number of carbonyl (C=O) groups is 4. The van der Waals surface area contributed by atoms with Gasteiger partial charge in [-0.15, -0.1) is 0 Å². The Morgan fingerprint density at radius 3 is 2.18 bits per heavy atom. The molecule has 0 aromatic heterocycles. The van der Waals surface area contributed by atoms with Crippen LogP contribution in [0.1, 0.15) is 21.5 Å². The van der Waals surface area contributed by atoms with Crippen molar-refractivity contribution < 1.29 is 23.9 Å². The van der Waals surface area contributed by atoms with E-state index in [2.05, 4.69) is 10.6 Å². The number of fused-ring (bicyclic) bond motifs is 1. The lowest BCUT2D eigenvalue weighted by atomic mass is 9.82. The fourth-order valence-electron chi connectivity index (χ4n) is 4.15. The largest absolute Gasteiger partial charge is 0.482 e. The van der Waals surface area contributed by atoms with E-state index in [1.807, 2.05) is 12.1 Å². The van der Waals surface area contributed by atoms with Crippen molar-refractivity contribution in [1.29, 1.82) is 0 Å². The standard InChI is InChI=1S/C25H19N3O5/c29-20(16-11-12-21-19(13-16)26-22(30)15-33-21)14-28-23(31)25(27-24(28)32,17-7-3-1-4-8-17)18-9-5-2-6-10-18/h1-13H,14-15H2,(H,26,30)(H,27,32). The Labute approximate surface area is 189 Å². The highest BCUT2D eigenvalue weighted by Gasteiger charge is 2.54. The second-order valence-corrected chi connectivity index (χ2v) is 7.77. The fraction of sp³-hybridized carbons (Fsp3) is 0.120. The first-order valence-corrected chi connectivity index (χ1v) is 10.3. The summed E-state index contributed by atoms with van der Waals surface area (Å²) in [5.41, 5.74) is 0.378. The van der Waals surface area contributed by atoms with Crippen LogP contribution < -0.4 is 15.4 Å². The van der Waals surface area contributed by atoms with Gasteiger partial charge in [0.15, 0.2) is 17.9 Å². The Bertz CT molecular complexity index is 1230. The van der Waals surface area contributed by atoms with Gasteiger partial charge in [-0.25, -0.2) is 4.79 Å². The fourth-order valence-corrected chi connectivity index (χ4v) is 4.15. The van der Waals surface area contributed by atoms with E-state index >= 15 is 0 Å². The Kier molecular flexibility index (Phi) is 4.90. The molecule has 1 fully saturated rings. The van der Waals surface area contributed by atoms with Crippen molar-refractivity contribution >= 4 is 29.3 Å². The summed E-state index contributed by atoms with van der Waals surface area (Å²) in [6.45, 7) is -0.538. The minimum Gasteiger partial charge on any atom is -0.482 e. The number of nitrogens with one attached hydrogen (secondary N) is 2. The number of hydrogen-bond acceptors (Lipinski definition) is 5. The zero-order valence-corrected chi connectivity index (χ0v) is 17.4. The summed E-state index contributed by atoms with van der Waals surface area (Å²) in [6.07, 6.45) is 0. The van der Waals surface area contributed by atoms with Crippen LogP contribution in [0.15, 0.2) is 78.9 Å². The number of ether oxygens (including phenoxy) is 1. The number of imide groups is 1. The molecule has 5 rings (SSSR count). The Morgan fingerprint density at radius 2 is 1.55 bits per heavy atom. The predicted octanol–water partition coefficient (Wildman–Crippen LogP) is 2.70. The number of Topliss-reactive ketones (excluding diaryl/α,β-unsaturated/α-hetero) is 1. The Morgan fingerprint density at radius 1 is 0.909 bits per heavy atom. The van der Waals surface area contributed by atoms with Gasteiger partial charge in [0.2, 0.25) is 0 Å². The van der Waals surface area contributed by atoms with E-state index in [1.165, 1.54) is 6.07 Å². The molecule has 2 N–H and O–H groups in total. The predicted molar refractivity (Wildman–Crippen MR) is 119 cm³/mol. The van der Waals surface area contributed by atoms with Crippen LogP contribution in [0.3, 0.4) is 0 Å². The van der Waals surface area contributed by atoms with E-state index in [1.54, 1.807) is 60.7 Å². The number of carbonyl (C=O) groups excluding carboxylic acids is 4. The third-order valence-electron chi connectivity index (χ3n) is 5.76. The van der Waals surface area contributed by atoms with Gasteiger partial charge in [0, 0.05) is 5.56 Å². The van der Waals surface area contributed by atoms with Crippen LogP contribution in [0, 0.1) is 0 Å². The first-order valence-electron chi connectivity index (χ1n) is 10.3. The SMILES string of the molecule is O=C1COc2ccc(C(=O)CN3C(=O)NC(c4ccccc4)(c4ccccc4)C3=O)cc2N1. The van der Waals surface area contributed by atoms with Crippen molar-refractivity contribution in [3.05, 3.63) is 95.6 Å². The van der Waals surface area contributed by atoms with E-state index in [-0.39, 0.29) is 18.1 Å². The van der Waals surface area contributed by atoms with Crippen LogP contribution in [-0.4, -0.2) is 41.7 Å². The summed E-state index contributed by atoms with van der Waals surface area (Å²) < 4.78 is 5.31. The van der Waals surface area contributed by atoms with Crippen molar-refractivity contribution in [2.24, 2.45) is 0 Å². The molecule has 0 unspecified atom stereocenters. The van der Waals surface area contributed by atoms with Crippen molar-refractivity contribution in [3.63, 3.8) is 0 Å². The number of anilines is 1. The molecule has 2 heterocycles. The van der Waals surface area contributed by atoms with Crippen molar-refractivity contribution in [3.8, 4) is 5.75 Å². The molecule has 2 aliphatic heterocycles. The summed E-state index contributed by atoms with van der Waals surface area (Å²) in [4.78, 5) is 52.2. The summed E-state index contributed by atoms with van der Waals surface area (Å²) >= 11 is 0. The lowest BCUT2D eigenvalue weighted by Crippen LogP contribution is -2.45. The molecule has 8 heteroatoms. The topological polar surface area (TPSA) is 105 Å². The molecule has 33 heavy (non-hydrogen) atoms. The third-order valence-corrected chi connectivity index (χ3v) is 5.76. The normalized spacial score (nSPS) is 16.5. The summed E-state index contributed by atoms with van der Waals surface area (Å²) in [7, 11) is 0. The molecule has 0 radical (unpaired) electrons. The maximum Gasteiger partial charge on any atom is 0.325 e. The van der Waals surface area contributed by atoms with Gasteiger partial charge in [0.25, 0.3) is 11.8 Å². The smallest absolute Gasteiger partial charge is 0.325 e. The molecule has 8 nitrogen and oxygen atoms in total. The van der Waals surface area contributed by atoms with Crippen molar-refractivity contribution in [1.82, 2.24) is 10.2 Å². The number of benzene rings is 3.